The Morgan fingerprint density at radius 1 is 1.26 bits per heavy atom. The van der Waals surface area contributed by atoms with E-state index in [1.54, 1.807) is 0 Å². The van der Waals surface area contributed by atoms with Crippen molar-refractivity contribution < 1.29 is 4.74 Å². The van der Waals surface area contributed by atoms with Gasteiger partial charge in [-0.15, -0.1) is 0 Å². The lowest BCUT2D eigenvalue weighted by Gasteiger charge is -2.25. The van der Waals surface area contributed by atoms with Crippen LogP contribution in [-0.2, 0) is 4.74 Å². The second-order valence-corrected chi connectivity index (χ2v) is 5.56. The highest BCUT2D eigenvalue weighted by Gasteiger charge is 2.41. The van der Waals surface area contributed by atoms with Crippen LogP contribution in [0.1, 0.15) is 37.3 Å². The summed E-state index contributed by atoms with van der Waals surface area (Å²) in [5.74, 6) is 0.749. The van der Waals surface area contributed by atoms with Crippen LogP contribution < -0.4 is 5.32 Å². The van der Waals surface area contributed by atoms with E-state index >= 15 is 0 Å². The molecule has 0 bridgehead atoms. The van der Waals surface area contributed by atoms with E-state index in [9.17, 15) is 0 Å². The van der Waals surface area contributed by atoms with E-state index in [1.165, 1.54) is 18.4 Å². The summed E-state index contributed by atoms with van der Waals surface area (Å²) >= 11 is 0. The Kier molecular flexibility index (Phi) is 3.82. The molecule has 2 aliphatic rings. The highest BCUT2D eigenvalue weighted by molar-refractivity contribution is 5.20. The summed E-state index contributed by atoms with van der Waals surface area (Å²) < 4.78 is 5.86. The molecule has 1 aliphatic heterocycles. The summed E-state index contributed by atoms with van der Waals surface area (Å²) in [4.78, 5) is 0. The van der Waals surface area contributed by atoms with Gasteiger partial charge in [-0.2, -0.15) is 5.26 Å². The first-order valence-electron chi connectivity index (χ1n) is 7.18. The van der Waals surface area contributed by atoms with Crippen LogP contribution in [0.3, 0.4) is 0 Å². The van der Waals surface area contributed by atoms with E-state index in [1.807, 2.05) is 18.2 Å². The van der Waals surface area contributed by atoms with Crippen LogP contribution in [0.4, 0.5) is 0 Å². The Bertz CT molecular complexity index is 450. The highest BCUT2D eigenvalue weighted by Crippen LogP contribution is 2.39. The first-order valence-corrected chi connectivity index (χ1v) is 7.18. The van der Waals surface area contributed by atoms with Crippen molar-refractivity contribution in [1.29, 1.82) is 5.26 Å². The number of hydrogen-bond acceptors (Lipinski definition) is 3. The smallest absolute Gasteiger partial charge is 0.0757 e. The van der Waals surface area contributed by atoms with Gasteiger partial charge < -0.3 is 10.1 Å². The van der Waals surface area contributed by atoms with Crippen molar-refractivity contribution in [3.63, 3.8) is 0 Å². The van der Waals surface area contributed by atoms with Gasteiger partial charge in [0, 0.05) is 18.7 Å². The minimum absolute atomic E-state index is 0.124. The fourth-order valence-electron chi connectivity index (χ4n) is 2.99. The van der Waals surface area contributed by atoms with Crippen LogP contribution in [0.2, 0.25) is 0 Å². The molecular weight excluding hydrogens is 236 g/mol. The zero-order valence-electron chi connectivity index (χ0n) is 11.1. The van der Waals surface area contributed by atoms with Crippen molar-refractivity contribution in [3.8, 4) is 6.07 Å². The Morgan fingerprint density at radius 3 is 2.74 bits per heavy atom. The maximum atomic E-state index is 9.04. The van der Waals surface area contributed by atoms with Gasteiger partial charge in [-0.25, -0.2) is 0 Å². The van der Waals surface area contributed by atoms with Crippen molar-refractivity contribution in [2.45, 2.75) is 43.9 Å². The molecule has 3 atom stereocenters. The molecule has 3 unspecified atom stereocenters. The molecule has 0 spiro atoms. The molecule has 3 nitrogen and oxygen atoms in total. The quantitative estimate of drug-likeness (QED) is 0.881. The topological polar surface area (TPSA) is 45.0 Å². The third-order valence-corrected chi connectivity index (χ3v) is 4.13. The molecule has 100 valence electrons. The van der Waals surface area contributed by atoms with Crippen molar-refractivity contribution in [1.82, 2.24) is 5.32 Å². The molecule has 0 radical (unpaired) electrons. The number of nitriles is 1. The molecule has 0 aromatic heterocycles. The van der Waals surface area contributed by atoms with Crippen molar-refractivity contribution in [3.05, 3.63) is 35.9 Å². The average molecular weight is 256 g/mol. The summed E-state index contributed by atoms with van der Waals surface area (Å²) in [5, 5.41) is 12.7. The van der Waals surface area contributed by atoms with E-state index in [-0.39, 0.29) is 6.04 Å². The predicted molar refractivity (Wildman–Crippen MR) is 73.4 cm³/mol. The van der Waals surface area contributed by atoms with E-state index in [0.717, 1.165) is 18.9 Å². The van der Waals surface area contributed by atoms with Gasteiger partial charge in [0.25, 0.3) is 0 Å². The van der Waals surface area contributed by atoms with Crippen LogP contribution in [-0.4, -0.2) is 18.8 Å². The van der Waals surface area contributed by atoms with Gasteiger partial charge in [0.1, 0.15) is 0 Å². The summed E-state index contributed by atoms with van der Waals surface area (Å²) in [7, 11) is 0. The number of ether oxygens (including phenoxy) is 1. The fraction of sp³-hybridized carbons (Fsp3) is 0.562. The maximum Gasteiger partial charge on any atom is 0.0757 e. The standard InChI is InChI=1S/C16H20N2O/c17-10-8-14(12-4-2-1-3-5-12)18-15-9-11-19-16(15)13-6-7-13/h1-5,13-16,18H,6-9,11H2. The first kappa shape index (κ1) is 12.7. The lowest BCUT2D eigenvalue weighted by Crippen LogP contribution is -2.39. The third-order valence-electron chi connectivity index (χ3n) is 4.13. The third kappa shape index (κ3) is 2.97. The molecule has 2 fully saturated rings. The van der Waals surface area contributed by atoms with E-state index < -0.39 is 0 Å². The Morgan fingerprint density at radius 2 is 2.05 bits per heavy atom. The molecule has 3 rings (SSSR count). The maximum absolute atomic E-state index is 9.04. The zero-order valence-corrected chi connectivity index (χ0v) is 11.1. The lowest BCUT2D eigenvalue weighted by atomic mass is 10.00. The van der Waals surface area contributed by atoms with Gasteiger partial charge in [-0.3, -0.25) is 0 Å². The highest BCUT2D eigenvalue weighted by atomic mass is 16.5. The second-order valence-electron chi connectivity index (χ2n) is 5.56. The SMILES string of the molecule is N#CCC(NC1CCOC1C1CC1)c1ccccc1. The molecule has 1 aromatic carbocycles. The van der Waals surface area contributed by atoms with Crippen LogP contribution in [0.25, 0.3) is 0 Å². The molecular formula is C16H20N2O. The normalized spacial score (nSPS) is 27.9. The fourth-order valence-corrected chi connectivity index (χ4v) is 2.99. The molecule has 1 aromatic rings. The molecule has 1 saturated carbocycles. The second kappa shape index (κ2) is 5.73. The van der Waals surface area contributed by atoms with Gasteiger partial charge in [0.05, 0.1) is 18.6 Å². The van der Waals surface area contributed by atoms with Crippen LogP contribution in [0.15, 0.2) is 30.3 Å². The minimum atomic E-state index is 0.124. The minimum Gasteiger partial charge on any atom is -0.376 e. The van der Waals surface area contributed by atoms with Crippen molar-refractivity contribution in [2.24, 2.45) is 5.92 Å². The number of benzene rings is 1. The van der Waals surface area contributed by atoms with Gasteiger partial charge in [-0.1, -0.05) is 30.3 Å². The van der Waals surface area contributed by atoms with Crippen LogP contribution >= 0.6 is 0 Å². The summed E-state index contributed by atoms with van der Waals surface area (Å²) in [6.45, 7) is 0.854. The Labute approximate surface area is 114 Å². The number of nitrogens with one attached hydrogen (secondary N) is 1. The van der Waals surface area contributed by atoms with Gasteiger partial charge in [0.15, 0.2) is 0 Å². The Hall–Kier alpha value is -1.37. The molecule has 1 aliphatic carbocycles. The summed E-state index contributed by atoms with van der Waals surface area (Å²) in [6, 6.07) is 13.1. The Balaban J connectivity index is 1.69. The van der Waals surface area contributed by atoms with Crippen molar-refractivity contribution in [2.75, 3.05) is 6.61 Å². The number of rotatable bonds is 5. The van der Waals surface area contributed by atoms with Gasteiger partial charge >= 0.3 is 0 Å². The molecule has 3 heteroatoms. The zero-order chi connectivity index (χ0) is 13.1. The van der Waals surface area contributed by atoms with Crippen molar-refractivity contribution >= 4 is 0 Å². The van der Waals surface area contributed by atoms with E-state index in [2.05, 4.69) is 23.5 Å². The largest absolute Gasteiger partial charge is 0.376 e. The molecule has 0 amide bonds. The first-order chi connectivity index (χ1) is 9.38. The molecule has 19 heavy (non-hydrogen) atoms. The van der Waals surface area contributed by atoms with Crippen LogP contribution in [0.5, 0.6) is 0 Å². The van der Waals surface area contributed by atoms with E-state index in [4.69, 9.17) is 10.00 Å². The lowest BCUT2D eigenvalue weighted by molar-refractivity contribution is 0.0789. The van der Waals surface area contributed by atoms with Gasteiger partial charge in [0.2, 0.25) is 0 Å². The number of hydrogen-bond donors (Lipinski definition) is 1. The van der Waals surface area contributed by atoms with E-state index in [0.29, 0.717) is 18.6 Å². The monoisotopic (exact) mass is 256 g/mol. The van der Waals surface area contributed by atoms with Gasteiger partial charge in [-0.05, 0) is 30.7 Å². The molecule has 1 N–H and O–H groups in total. The van der Waals surface area contributed by atoms with Crippen LogP contribution in [0, 0.1) is 17.2 Å². The average Bonchev–Trinajstić information content (AvgIpc) is 3.19. The summed E-state index contributed by atoms with van der Waals surface area (Å²) in [5.41, 5.74) is 1.20. The molecule has 1 saturated heterocycles. The molecule has 1 heterocycles. The number of nitrogens with zero attached hydrogens (tertiary/aromatic N) is 1. The predicted octanol–water partition coefficient (Wildman–Crippen LogP) is 2.80. The summed E-state index contributed by atoms with van der Waals surface area (Å²) in [6.07, 6.45) is 4.55.